The van der Waals surface area contributed by atoms with Crippen LogP contribution >= 0.6 is 22.9 Å². The first-order chi connectivity index (χ1) is 21.9. The van der Waals surface area contributed by atoms with Crippen molar-refractivity contribution in [3.8, 4) is 12.1 Å². The van der Waals surface area contributed by atoms with Gasteiger partial charge in [-0.1, -0.05) is 18.2 Å². The number of nitrogen functional groups attached to an aromatic ring is 1. The van der Waals surface area contributed by atoms with Gasteiger partial charge in [0.2, 0.25) is 0 Å². The number of nitrogens with zero attached hydrogens (tertiary/aromatic N) is 5. The molecule has 8 rings (SSSR count). The van der Waals surface area contributed by atoms with Gasteiger partial charge in [0.05, 0.1) is 46.1 Å². The average molecular weight is 653 g/mol. The van der Waals surface area contributed by atoms with Crippen molar-refractivity contribution >= 4 is 55.2 Å². The molecule has 2 N–H and O–H groups in total. The van der Waals surface area contributed by atoms with Crippen molar-refractivity contribution in [2.24, 2.45) is 0 Å². The highest BCUT2D eigenvalue weighted by molar-refractivity contribution is 7.23. The van der Waals surface area contributed by atoms with Gasteiger partial charge in [0.15, 0.2) is 5.83 Å². The molecule has 0 radical (unpaired) electrons. The van der Waals surface area contributed by atoms with Crippen molar-refractivity contribution in [2.45, 2.75) is 48.8 Å². The number of anilines is 2. The summed E-state index contributed by atoms with van der Waals surface area (Å²) in [6.45, 7) is 4.16. The summed E-state index contributed by atoms with van der Waals surface area (Å²) in [4.78, 5) is 14.0. The largest absolute Gasteiger partial charge is 0.461 e. The molecule has 2 aromatic heterocycles. The molecular weight excluding hydrogens is 622 g/mol. The number of halogens is 3. The average Bonchev–Trinajstić information content (AvgIpc) is 3.64. The van der Waals surface area contributed by atoms with Crippen molar-refractivity contribution in [1.82, 2.24) is 14.9 Å². The van der Waals surface area contributed by atoms with Crippen LogP contribution in [0.2, 0.25) is 0 Å². The van der Waals surface area contributed by atoms with Crippen LogP contribution < -0.4 is 15.4 Å². The van der Waals surface area contributed by atoms with E-state index in [1.807, 2.05) is 0 Å². The Hall–Kier alpha value is -3.34. The van der Waals surface area contributed by atoms with E-state index in [9.17, 15) is 9.65 Å². The Labute approximate surface area is 267 Å². The van der Waals surface area contributed by atoms with E-state index in [0.29, 0.717) is 44.3 Å². The van der Waals surface area contributed by atoms with Crippen LogP contribution in [0.4, 0.5) is 19.6 Å². The number of ether oxygens (including phenoxy) is 3. The number of nitrogens with two attached hydrogens (primary N) is 1. The number of alkyl halides is 1. The second kappa shape index (κ2) is 11.2. The molecule has 5 aliphatic rings. The van der Waals surface area contributed by atoms with Crippen molar-refractivity contribution < 1.29 is 23.0 Å². The van der Waals surface area contributed by atoms with Crippen LogP contribution in [0.15, 0.2) is 24.3 Å². The molecule has 3 aromatic rings. The lowest BCUT2D eigenvalue weighted by Crippen LogP contribution is -2.43. The number of thiophene rings is 1. The monoisotopic (exact) mass is 652 g/mol. The molecule has 1 aliphatic carbocycles. The summed E-state index contributed by atoms with van der Waals surface area (Å²) in [5.41, 5.74) is 6.85. The lowest BCUT2D eigenvalue weighted by molar-refractivity contribution is 0.0666. The van der Waals surface area contributed by atoms with E-state index in [4.69, 9.17) is 36.5 Å². The third kappa shape index (κ3) is 4.62. The second-order valence-corrected chi connectivity index (χ2v) is 13.8. The number of rotatable bonds is 1. The van der Waals surface area contributed by atoms with Crippen LogP contribution in [0.1, 0.15) is 54.2 Å². The Bertz CT molecular complexity index is 1810. The molecule has 234 valence electrons. The van der Waals surface area contributed by atoms with Crippen molar-refractivity contribution in [1.29, 1.82) is 5.26 Å². The minimum atomic E-state index is -1.01. The fourth-order valence-corrected chi connectivity index (χ4v) is 9.04. The van der Waals surface area contributed by atoms with Gasteiger partial charge in [-0.3, -0.25) is 4.90 Å². The van der Waals surface area contributed by atoms with Crippen LogP contribution in [0.5, 0.6) is 6.01 Å². The molecule has 4 bridgehead atoms. The van der Waals surface area contributed by atoms with Crippen molar-refractivity contribution in [3.63, 3.8) is 0 Å². The lowest BCUT2D eigenvalue weighted by Gasteiger charge is -2.33. The Balaban J connectivity index is 1.30. The molecule has 9 nitrogen and oxygen atoms in total. The number of fused-ring (bicyclic) bond motifs is 3. The number of benzene rings is 1. The Kier molecular flexibility index (Phi) is 7.22. The van der Waals surface area contributed by atoms with Gasteiger partial charge in [0.25, 0.3) is 0 Å². The van der Waals surface area contributed by atoms with Crippen LogP contribution in [0, 0.1) is 17.1 Å². The molecule has 4 aliphatic heterocycles. The van der Waals surface area contributed by atoms with Gasteiger partial charge in [-0.2, -0.15) is 15.2 Å². The van der Waals surface area contributed by atoms with Crippen LogP contribution in [0.3, 0.4) is 0 Å². The predicted octanol–water partition coefficient (Wildman–Crippen LogP) is 5.58. The molecular formula is C32H31ClF2N6O3S. The zero-order valence-corrected chi connectivity index (χ0v) is 26.0. The molecule has 45 heavy (non-hydrogen) atoms. The standard InChI is InChI=1S/C32H31ClF2N6O3S/c33-24-22(18-5-6-20(34)28-21(18)19(14-36)29(37)45-28)25(35)26-23-27(24)43-12-10-40-8-2-1-3-11-42-17-13-32(7-4-9-41(32)15-17)16-44-31(38-26)39-30(23)40/h1,3,5-6,17,24,27H,2,4,7-13,15-16,37H2/b3-1+/t17-,24?,27?,32?/m1/s1. The van der Waals surface area contributed by atoms with Gasteiger partial charge >= 0.3 is 6.01 Å². The quantitative estimate of drug-likeness (QED) is 0.266. The number of nitriles is 1. The van der Waals surface area contributed by atoms with Gasteiger partial charge in [-0.15, -0.1) is 22.9 Å². The Morgan fingerprint density at radius 3 is 2.91 bits per heavy atom. The van der Waals surface area contributed by atoms with Crippen LogP contribution in [-0.4, -0.2) is 77.9 Å². The fraction of sp³-hybridized carbons (Fsp3) is 0.469. The first kappa shape index (κ1) is 29.1. The highest BCUT2D eigenvalue weighted by Gasteiger charge is 2.50. The molecule has 13 heteroatoms. The topological polar surface area (TPSA) is 110 Å². The molecule has 2 fully saturated rings. The maximum absolute atomic E-state index is 17.1. The van der Waals surface area contributed by atoms with Gasteiger partial charge in [0, 0.05) is 30.6 Å². The zero-order valence-electron chi connectivity index (χ0n) is 24.4. The smallest absolute Gasteiger partial charge is 0.319 e. The molecule has 0 amide bonds. The molecule has 6 heterocycles. The van der Waals surface area contributed by atoms with Gasteiger partial charge in [0.1, 0.15) is 41.1 Å². The Morgan fingerprint density at radius 2 is 2.04 bits per heavy atom. The molecule has 3 unspecified atom stereocenters. The highest BCUT2D eigenvalue weighted by atomic mass is 35.5. The lowest BCUT2D eigenvalue weighted by atomic mass is 9.86. The first-order valence-electron chi connectivity index (χ1n) is 15.3. The summed E-state index contributed by atoms with van der Waals surface area (Å²) >= 11 is 8.06. The van der Waals surface area contributed by atoms with E-state index >= 15 is 4.39 Å². The van der Waals surface area contributed by atoms with Gasteiger partial charge in [-0.25, -0.2) is 8.78 Å². The normalized spacial score (nSPS) is 29.0. The third-order valence-corrected chi connectivity index (χ3v) is 11.2. The number of hydrogen-bond acceptors (Lipinski definition) is 10. The minimum absolute atomic E-state index is 0.0336. The first-order valence-corrected chi connectivity index (χ1v) is 16.5. The summed E-state index contributed by atoms with van der Waals surface area (Å²) in [5.74, 6) is -0.701. The van der Waals surface area contributed by atoms with Crippen LogP contribution in [0.25, 0.3) is 21.5 Å². The molecule has 0 saturated carbocycles. The summed E-state index contributed by atoms with van der Waals surface area (Å²) in [6.07, 6.45) is 7.09. The second-order valence-electron chi connectivity index (χ2n) is 12.2. The Morgan fingerprint density at radius 1 is 1.16 bits per heavy atom. The van der Waals surface area contributed by atoms with E-state index in [1.54, 1.807) is 0 Å². The van der Waals surface area contributed by atoms with E-state index in [2.05, 4.69) is 33.0 Å². The molecule has 4 atom stereocenters. The molecule has 1 spiro atoms. The fourth-order valence-electron chi connectivity index (χ4n) is 7.68. The van der Waals surface area contributed by atoms with E-state index in [0.717, 1.165) is 50.1 Å². The third-order valence-electron chi connectivity index (χ3n) is 9.76. The summed E-state index contributed by atoms with van der Waals surface area (Å²) in [6, 6.07) is 4.84. The van der Waals surface area contributed by atoms with E-state index in [-0.39, 0.29) is 55.1 Å². The van der Waals surface area contributed by atoms with E-state index < -0.39 is 23.1 Å². The molecule has 1 aromatic carbocycles. The van der Waals surface area contributed by atoms with Crippen LogP contribution in [-0.2, 0) is 9.47 Å². The maximum Gasteiger partial charge on any atom is 0.319 e. The molecule has 2 saturated heterocycles. The van der Waals surface area contributed by atoms with Gasteiger partial charge in [-0.05, 0) is 43.9 Å². The summed E-state index contributed by atoms with van der Waals surface area (Å²) in [7, 11) is 0. The van der Waals surface area contributed by atoms with Crippen molar-refractivity contribution in [2.75, 3.05) is 56.6 Å². The zero-order chi connectivity index (χ0) is 30.9. The number of hydrogen-bond donors (Lipinski definition) is 1. The number of aromatic nitrogens is 2. The highest BCUT2D eigenvalue weighted by Crippen LogP contribution is 2.52. The van der Waals surface area contributed by atoms with Gasteiger partial charge < -0.3 is 24.8 Å². The van der Waals surface area contributed by atoms with Crippen molar-refractivity contribution in [3.05, 3.63) is 52.5 Å². The maximum atomic E-state index is 17.1. The summed E-state index contributed by atoms with van der Waals surface area (Å²) in [5, 5.41) is 9.28. The summed E-state index contributed by atoms with van der Waals surface area (Å²) < 4.78 is 51.1. The van der Waals surface area contributed by atoms with E-state index in [1.165, 1.54) is 12.1 Å². The predicted molar refractivity (Wildman–Crippen MR) is 169 cm³/mol. The minimum Gasteiger partial charge on any atom is -0.461 e. The SMILES string of the molecule is N#Cc1c(N)sc2c(F)ccc(C3=C(F)c4nc5nc6c4C(OCCN6CC/C=C/CO[C@H]4CN6CCCC6(CO5)C4)C3Cl)c12.